The number of amides is 1. The number of carbonyl (C=O) groups is 1. The molecule has 1 saturated heterocycles. The molecule has 8 nitrogen and oxygen atoms in total. The first-order valence-electron chi connectivity index (χ1n) is 11.4. The van der Waals surface area contributed by atoms with Crippen LogP contribution in [0.5, 0.6) is 0 Å². The summed E-state index contributed by atoms with van der Waals surface area (Å²) in [6.45, 7) is 1.17. The molecular formula is C26H23N5O3S. The normalized spacial score (nSPS) is 15.6. The van der Waals surface area contributed by atoms with E-state index in [1.165, 1.54) is 11.3 Å². The second-order valence-electron chi connectivity index (χ2n) is 8.45. The van der Waals surface area contributed by atoms with Gasteiger partial charge in [-0.2, -0.15) is 0 Å². The number of anilines is 1. The van der Waals surface area contributed by atoms with Gasteiger partial charge in [-0.1, -0.05) is 24.3 Å². The maximum Gasteiger partial charge on any atom is 0.298 e. The van der Waals surface area contributed by atoms with E-state index < -0.39 is 0 Å². The number of hydrogen-bond acceptors (Lipinski definition) is 6. The fourth-order valence-electron chi connectivity index (χ4n) is 4.48. The lowest BCUT2D eigenvalue weighted by molar-refractivity contribution is 0.0934. The molecule has 0 unspecified atom stereocenters. The molecule has 0 aliphatic carbocycles. The first-order valence-corrected chi connectivity index (χ1v) is 12.2. The van der Waals surface area contributed by atoms with Crippen LogP contribution >= 0.6 is 11.3 Å². The van der Waals surface area contributed by atoms with Gasteiger partial charge in [-0.25, -0.2) is 4.98 Å². The van der Waals surface area contributed by atoms with Gasteiger partial charge in [0.2, 0.25) is 0 Å². The highest BCUT2D eigenvalue weighted by molar-refractivity contribution is 7.20. The molecule has 2 aromatic carbocycles. The Morgan fingerprint density at radius 2 is 1.94 bits per heavy atom. The van der Waals surface area contributed by atoms with Crippen LogP contribution in [0, 0.1) is 0 Å². The first-order chi connectivity index (χ1) is 17.1. The highest BCUT2D eigenvalue weighted by atomic mass is 32.1. The van der Waals surface area contributed by atoms with Crippen LogP contribution in [0.3, 0.4) is 0 Å². The SMILES string of the molecule is CNc1nc2sc(C(=O)N[C@@H]3CCOC3)cc2n(-c2ccc3ccn(-c4ccccc4)c3c2)c1=O. The number of ether oxygens (including phenoxy) is 1. The van der Waals surface area contributed by atoms with E-state index >= 15 is 0 Å². The molecule has 0 spiro atoms. The lowest BCUT2D eigenvalue weighted by Crippen LogP contribution is -2.34. The summed E-state index contributed by atoms with van der Waals surface area (Å²) < 4.78 is 9.09. The average Bonchev–Trinajstić information content (AvgIpc) is 3.63. The van der Waals surface area contributed by atoms with Gasteiger partial charge in [0, 0.05) is 30.9 Å². The van der Waals surface area contributed by atoms with E-state index in [1.54, 1.807) is 17.7 Å². The smallest absolute Gasteiger partial charge is 0.298 e. The number of carbonyl (C=O) groups excluding carboxylic acids is 1. The lowest BCUT2D eigenvalue weighted by Gasteiger charge is -2.11. The van der Waals surface area contributed by atoms with Crippen molar-refractivity contribution < 1.29 is 9.53 Å². The minimum atomic E-state index is -0.272. The fraction of sp³-hybridized carbons (Fsp3) is 0.192. The van der Waals surface area contributed by atoms with E-state index in [1.807, 2.05) is 54.7 Å². The third-order valence-electron chi connectivity index (χ3n) is 6.25. The predicted molar refractivity (Wildman–Crippen MR) is 138 cm³/mol. The molecule has 9 heteroatoms. The van der Waals surface area contributed by atoms with Gasteiger partial charge in [0.15, 0.2) is 5.82 Å². The number of benzene rings is 2. The summed E-state index contributed by atoms with van der Waals surface area (Å²) in [6, 6.07) is 19.8. The van der Waals surface area contributed by atoms with Crippen LogP contribution in [0.1, 0.15) is 16.1 Å². The summed E-state index contributed by atoms with van der Waals surface area (Å²) in [7, 11) is 1.67. The number of hydrogen-bond donors (Lipinski definition) is 2. The lowest BCUT2D eigenvalue weighted by atomic mass is 10.2. The van der Waals surface area contributed by atoms with Crippen molar-refractivity contribution in [3.05, 3.63) is 82.1 Å². The number of fused-ring (bicyclic) bond motifs is 2. The molecule has 35 heavy (non-hydrogen) atoms. The third kappa shape index (κ3) is 3.78. The first kappa shape index (κ1) is 21.6. The second-order valence-corrected chi connectivity index (χ2v) is 9.48. The van der Waals surface area contributed by atoms with Crippen molar-refractivity contribution in [2.24, 2.45) is 0 Å². The maximum absolute atomic E-state index is 13.4. The summed E-state index contributed by atoms with van der Waals surface area (Å²) in [5.74, 6) is 0.0518. The molecule has 6 rings (SSSR count). The molecule has 1 fully saturated rings. The fourth-order valence-corrected chi connectivity index (χ4v) is 5.40. The predicted octanol–water partition coefficient (Wildman–Crippen LogP) is 3.95. The summed E-state index contributed by atoms with van der Waals surface area (Å²) in [4.78, 5) is 31.9. The largest absolute Gasteiger partial charge is 0.379 e. The average molecular weight is 486 g/mol. The van der Waals surface area contributed by atoms with Crippen molar-refractivity contribution in [2.45, 2.75) is 12.5 Å². The summed E-state index contributed by atoms with van der Waals surface area (Å²) >= 11 is 1.27. The van der Waals surface area contributed by atoms with E-state index in [4.69, 9.17) is 4.74 Å². The quantitative estimate of drug-likeness (QED) is 0.393. The summed E-state index contributed by atoms with van der Waals surface area (Å²) in [6.07, 6.45) is 2.82. The van der Waals surface area contributed by atoms with Crippen molar-refractivity contribution in [3.8, 4) is 11.4 Å². The standard InChI is InChI=1S/C26H23N5O3S/c1-27-23-26(33)31(21-14-22(35-25(21)29-23)24(32)28-17-10-12-34-15-17)19-8-7-16-9-11-30(20(16)13-19)18-5-3-2-4-6-18/h2-9,11,13-14,17H,10,12,15H2,1H3,(H,27,29)(H,28,32)/t17-/m1/s1. The van der Waals surface area contributed by atoms with Crippen LogP contribution in [-0.4, -0.2) is 46.3 Å². The molecule has 2 N–H and O–H groups in total. The van der Waals surface area contributed by atoms with E-state index in [-0.39, 0.29) is 23.3 Å². The minimum Gasteiger partial charge on any atom is -0.379 e. The van der Waals surface area contributed by atoms with Gasteiger partial charge >= 0.3 is 0 Å². The van der Waals surface area contributed by atoms with Gasteiger partial charge in [0.1, 0.15) is 4.83 Å². The molecule has 0 saturated carbocycles. The van der Waals surface area contributed by atoms with Crippen LogP contribution < -0.4 is 16.2 Å². The zero-order chi connectivity index (χ0) is 23.9. The Hall–Kier alpha value is -3.95. The monoisotopic (exact) mass is 485 g/mol. The number of rotatable bonds is 5. The van der Waals surface area contributed by atoms with Crippen LogP contribution in [0.2, 0.25) is 0 Å². The van der Waals surface area contributed by atoms with Crippen LogP contribution in [0.15, 0.2) is 71.7 Å². The van der Waals surface area contributed by atoms with Gasteiger partial charge in [0.05, 0.1) is 34.2 Å². The Labute approximate surface area is 204 Å². The number of aromatic nitrogens is 3. The van der Waals surface area contributed by atoms with E-state index in [0.29, 0.717) is 34.1 Å². The highest BCUT2D eigenvalue weighted by Crippen LogP contribution is 2.29. The zero-order valence-electron chi connectivity index (χ0n) is 19.0. The number of nitrogens with zero attached hydrogens (tertiary/aromatic N) is 3. The number of para-hydroxylation sites is 1. The van der Waals surface area contributed by atoms with Crippen molar-refractivity contribution >= 4 is 44.3 Å². The third-order valence-corrected chi connectivity index (χ3v) is 7.27. The minimum absolute atomic E-state index is 0.00362. The van der Waals surface area contributed by atoms with Gasteiger partial charge in [-0.15, -0.1) is 11.3 Å². The molecule has 0 radical (unpaired) electrons. The van der Waals surface area contributed by atoms with E-state index in [0.717, 1.165) is 23.0 Å². The number of thiophene rings is 1. The van der Waals surface area contributed by atoms with E-state index in [2.05, 4.69) is 26.3 Å². The van der Waals surface area contributed by atoms with Crippen molar-refractivity contribution in [2.75, 3.05) is 25.6 Å². The Bertz CT molecular complexity index is 1610. The second kappa shape index (κ2) is 8.68. The van der Waals surface area contributed by atoms with Crippen molar-refractivity contribution in [1.82, 2.24) is 19.4 Å². The van der Waals surface area contributed by atoms with Crippen molar-refractivity contribution in [3.63, 3.8) is 0 Å². The number of nitrogens with one attached hydrogen (secondary N) is 2. The molecule has 0 bridgehead atoms. The Morgan fingerprint density at radius 3 is 2.71 bits per heavy atom. The Kier molecular flexibility index (Phi) is 5.35. The van der Waals surface area contributed by atoms with Gasteiger partial charge < -0.3 is 19.9 Å². The van der Waals surface area contributed by atoms with Crippen LogP contribution in [-0.2, 0) is 4.74 Å². The highest BCUT2D eigenvalue weighted by Gasteiger charge is 2.22. The van der Waals surface area contributed by atoms with Gasteiger partial charge in [-0.3, -0.25) is 14.2 Å². The maximum atomic E-state index is 13.4. The summed E-state index contributed by atoms with van der Waals surface area (Å²) in [5, 5.41) is 6.99. The molecule has 3 aromatic heterocycles. The van der Waals surface area contributed by atoms with Gasteiger partial charge in [0.25, 0.3) is 11.5 Å². The van der Waals surface area contributed by atoms with E-state index in [9.17, 15) is 9.59 Å². The molecule has 1 atom stereocenters. The molecular weight excluding hydrogens is 462 g/mol. The molecule has 1 aliphatic heterocycles. The molecule has 5 aromatic rings. The molecule has 1 amide bonds. The summed E-state index contributed by atoms with van der Waals surface area (Å²) in [5.41, 5.74) is 3.05. The molecule has 4 heterocycles. The van der Waals surface area contributed by atoms with Crippen LogP contribution in [0.25, 0.3) is 32.6 Å². The molecule has 1 aliphatic rings. The van der Waals surface area contributed by atoms with Gasteiger partial charge in [-0.05, 0) is 42.8 Å². The van der Waals surface area contributed by atoms with Crippen LogP contribution in [0.4, 0.5) is 5.82 Å². The zero-order valence-corrected chi connectivity index (χ0v) is 19.8. The molecule has 176 valence electrons. The van der Waals surface area contributed by atoms with Crippen molar-refractivity contribution in [1.29, 1.82) is 0 Å². The Balaban J connectivity index is 1.50. The Morgan fingerprint density at radius 1 is 1.09 bits per heavy atom. The topological polar surface area (TPSA) is 90.2 Å².